The summed E-state index contributed by atoms with van der Waals surface area (Å²) in [6.45, 7) is 3.26. The van der Waals surface area contributed by atoms with Crippen molar-refractivity contribution < 1.29 is 8.42 Å². The van der Waals surface area contributed by atoms with Crippen molar-refractivity contribution in [2.75, 3.05) is 18.6 Å². The third kappa shape index (κ3) is 4.42. The zero-order valence-electron chi connectivity index (χ0n) is 9.12. The van der Waals surface area contributed by atoms with Gasteiger partial charge in [-0.1, -0.05) is 13.3 Å². The van der Waals surface area contributed by atoms with E-state index in [9.17, 15) is 8.42 Å². The van der Waals surface area contributed by atoms with Crippen LogP contribution in [0.2, 0.25) is 0 Å². The quantitative estimate of drug-likeness (QED) is 0.773. The minimum Gasteiger partial charge on any atom is -0.314 e. The third-order valence-corrected chi connectivity index (χ3v) is 4.00. The lowest BCUT2D eigenvalue weighted by atomic mass is 9.89. The van der Waals surface area contributed by atoms with Crippen LogP contribution in [0, 0.1) is 5.92 Å². The van der Waals surface area contributed by atoms with Crippen LogP contribution in [0.25, 0.3) is 0 Å². The van der Waals surface area contributed by atoms with E-state index in [0.717, 1.165) is 25.3 Å². The van der Waals surface area contributed by atoms with Crippen LogP contribution >= 0.6 is 0 Å². The fourth-order valence-electron chi connectivity index (χ4n) is 2.04. The van der Waals surface area contributed by atoms with Crippen molar-refractivity contribution in [3.63, 3.8) is 0 Å². The van der Waals surface area contributed by atoms with Crippen LogP contribution in [0.5, 0.6) is 0 Å². The van der Waals surface area contributed by atoms with E-state index in [2.05, 4.69) is 12.2 Å². The summed E-state index contributed by atoms with van der Waals surface area (Å²) in [6, 6.07) is 0.420. The fraction of sp³-hybridized carbons (Fsp3) is 1.00. The summed E-state index contributed by atoms with van der Waals surface area (Å²) in [5.74, 6) is 1.11. The van der Waals surface area contributed by atoms with Gasteiger partial charge >= 0.3 is 0 Å². The summed E-state index contributed by atoms with van der Waals surface area (Å²) < 4.78 is 22.0. The van der Waals surface area contributed by atoms with Gasteiger partial charge in [0.05, 0.1) is 5.75 Å². The largest absolute Gasteiger partial charge is 0.314 e. The van der Waals surface area contributed by atoms with E-state index in [1.165, 1.54) is 19.1 Å². The van der Waals surface area contributed by atoms with Crippen molar-refractivity contribution >= 4 is 9.84 Å². The minimum absolute atomic E-state index is 0.321. The Bertz CT molecular complexity index is 261. The second-order valence-corrected chi connectivity index (χ2v) is 6.63. The summed E-state index contributed by atoms with van der Waals surface area (Å²) >= 11 is 0. The Hall–Kier alpha value is -0.0900. The van der Waals surface area contributed by atoms with Gasteiger partial charge in [0.15, 0.2) is 0 Å². The first-order valence-electron chi connectivity index (χ1n) is 5.42. The molecule has 0 aromatic heterocycles. The topological polar surface area (TPSA) is 46.2 Å². The van der Waals surface area contributed by atoms with Crippen LogP contribution in [0.3, 0.4) is 0 Å². The Kier molecular flexibility index (Phi) is 4.38. The van der Waals surface area contributed by atoms with Gasteiger partial charge in [-0.3, -0.25) is 0 Å². The zero-order valence-corrected chi connectivity index (χ0v) is 9.94. The molecule has 4 heteroatoms. The first kappa shape index (κ1) is 12.0. The van der Waals surface area contributed by atoms with Gasteiger partial charge < -0.3 is 5.32 Å². The van der Waals surface area contributed by atoms with E-state index in [1.807, 2.05) is 0 Å². The number of hydrogen-bond donors (Lipinski definition) is 1. The highest BCUT2D eigenvalue weighted by molar-refractivity contribution is 7.90. The molecule has 0 aliphatic carbocycles. The Morgan fingerprint density at radius 1 is 1.43 bits per heavy atom. The van der Waals surface area contributed by atoms with Crippen LogP contribution in [0.4, 0.5) is 0 Å². The van der Waals surface area contributed by atoms with Crippen molar-refractivity contribution in [2.45, 2.75) is 38.6 Å². The molecule has 0 aromatic carbocycles. The fourth-order valence-corrected chi connectivity index (χ4v) is 2.75. The number of nitrogens with one attached hydrogen (secondary N) is 1. The molecule has 1 aliphatic heterocycles. The maximum absolute atomic E-state index is 11.0. The van der Waals surface area contributed by atoms with Crippen molar-refractivity contribution in [3.05, 3.63) is 0 Å². The first-order valence-corrected chi connectivity index (χ1v) is 7.48. The molecule has 1 fully saturated rings. The standard InChI is InChI=1S/C10H21NO2S/c1-3-9-4-6-11-10(8-9)5-7-14(2,12)13/h9-11H,3-8H2,1-2H3. The van der Waals surface area contributed by atoms with E-state index >= 15 is 0 Å². The highest BCUT2D eigenvalue weighted by Crippen LogP contribution is 2.20. The zero-order chi connectivity index (χ0) is 10.6. The lowest BCUT2D eigenvalue weighted by Gasteiger charge is -2.29. The monoisotopic (exact) mass is 219 g/mol. The minimum atomic E-state index is -2.79. The Labute approximate surface area is 87.2 Å². The maximum atomic E-state index is 11.0. The van der Waals surface area contributed by atoms with E-state index < -0.39 is 9.84 Å². The molecule has 0 spiro atoms. The Balaban J connectivity index is 2.31. The van der Waals surface area contributed by atoms with Crippen molar-refractivity contribution in [2.24, 2.45) is 5.92 Å². The average molecular weight is 219 g/mol. The normalized spacial score (nSPS) is 29.0. The molecule has 14 heavy (non-hydrogen) atoms. The van der Waals surface area contributed by atoms with Crippen molar-refractivity contribution in [3.8, 4) is 0 Å². The molecule has 0 saturated carbocycles. The van der Waals surface area contributed by atoms with Gasteiger partial charge in [0.25, 0.3) is 0 Å². The van der Waals surface area contributed by atoms with E-state index in [0.29, 0.717) is 11.8 Å². The van der Waals surface area contributed by atoms with Crippen molar-refractivity contribution in [1.29, 1.82) is 0 Å². The number of piperidine rings is 1. The molecule has 84 valence electrons. The molecule has 0 bridgehead atoms. The first-order chi connectivity index (χ1) is 6.51. The molecule has 1 aliphatic rings. The Morgan fingerprint density at radius 2 is 2.14 bits per heavy atom. The third-order valence-electron chi connectivity index (χ3n) is 3.02. The molecule has 0 amide bonds. The number of rotatable bonds is 4. The van der Waals surface area contributed by atoms with E-state index in [1.54, 1.807) is 0 Å². The summed E-state index contributed by atoms with van der Waals surface area (Å²) in [7, 11) is -2.79. The molecule has 0 aromatic rings. The predicted molar refractivity (Wildman–Crippen MR) is 59.1 cm³/mol. The van der Waals surface area contributed by atoms with E-state index in [4.69, 9.17) is 0 Å². The molecule has 1 saturated heterocycles. The SMILES string of the molecule is CCC1CCNC(CCS(C)(=O)=O)C1. The molecule has 0 radical (unpaired) electrons. The van der Waals surface area contributed by atoms with Gasteiger partial charge in [-0.15, -0.1) is 0 Å². The maximum Gasteiger partial charge on any atom is 0.147 e. The molecule has 2 atom stereocenters. The Morgan fingerprint density at radius 3 is 2.71 bits per heavy atom. The van der Waals surface area contributed by atoms with Crippen molar-refractivity contribution in [1.82, 2.24) is 5.32 Å². The van der Waals surface area contributed by atoms with Gasteiger partial charge in [-0.05, 0) is 31.7 Å². The van der Waals surface area contributed by atoms with Crippen LogP contribution in [0.15, 0.2) is 0 Å². The molecule has 1 N–H and O–H groups in total. The average Bonchev–Trinajstić information content (AvgIpc) is 2.14. The van der Waals surface area contributed by atoms with Crippen LogP contribution in [-0.2, 0) is 9.84 Å². The van der Waals surface area contributed by atoms with Gasteiger partial charge in [-0.25, -0.2) is 8.42 Å². The second-order valence-electron chi connectivity index (χ2n) is 4.37. The van der Waals surface area contributed by atoms with E-state index in [-0.39, 0.29) is 0 Å². The van der Waals surface area contributed by atoms with Gasteiger partial charge in [0, 0.05) is 12.3 Å². The van der Waals surface area contributed by atoms with Crippen LogP contribution in [-0.4, -0.2) is 33.0 Å². The van der Waals surface area contributed by atoms with Gasteiger partial charge in [-0.2, -0.15) is 0 Å². The molecule has 2 unspecified atom stereocenters. The molecule has 1 heterocycles. The highest BCUT2D eigenvalue weighted by atomic mass is 32.2. The summed E-state index contributed by atoms with van der Waals surface area (Å²) in [5, 5.41) is 3.39. The summed E-state index contributed by atoms with van der Waals surface area (Å²) in [4.78, 5) is 0. The summed E-state index contributed by atoms with van der Waals surface area (Å²) in [6.07, 6.45) is 5.69. The van der Waals surface area contributed by atoms with Crippen LogP contribution in [0.1, 0.15) is 32.6 Å². The molecule has 3 nitrogen and oxygen atoms in total. The van der Waals surface area contributed by atoms with Gasteiger partial charge in [0.2, 0.25) is 0 Å². The number of hydrogen-bond acceptors (Lipinski definition) is 3. The smallest absolute Gasteiger partial charge is 0.147 e. The van der Waals surface area contributed by atoms with Crippen LogP contribution < -0.4 is 5.32 Å². The predicted octanol–water partition coefficient (Wildman–Crippen LogP) is 1.20. The number of sulfone groups is 1. The molecular formula is C10H21NO2S. The molecular weight excluding hydrogens is 198 g/mol. The van der Waals surface area contributed by atoms with Gasteiger partial charge in [0.1, 0.15) is 9.84 Å². The second kappa shape index (κ2) is 5.12. The lowest BCUT2D eigenvalue weighted by Crippen LogP contribution is -2.39. The lowest BCUT2D eigenvalue weighted by molar-refractivity contribution is 0.290. The highest BCUT2D eigenvalue weighted by Gasteiger charge is 2.20. The summed E-state index contributed by atoms with van der Waals surface area (Å²) in [5.41, 5.74) is 0. The molecule has 1 rings (SSSR count).